The van der Waals surface area contributed by atoms with Crippen molar-refractivity contribution in [2.45, 2.75) is 11.8 Å². The Kier molecular flexibility index (Phi) is 2.90. The van der Waals surface area contributed by atoms with Crippen molar-refractivity contribution < 1.29 is 0 Å². The molecule has 0 bridgehead atoms. The maximum Gasteiger partial charge on any atom is 0.110 e. The molecule has 1 aliphatic rings. The van der Waals surface area contributed by atoms with Crippen LogP contribution in [-0.4, -0.2) is 6.54 Å². The molecule has 82 valence electrons. The zero-order chi connectivity index (χ0) is 11.6. The van der Waals surface area contributed by atoms with Crippen molar-refractivity contribution in [2.24, 2.45) is 5.73 Å². The van der Waals surface area contributed by atoms with Gasteiger partial charge in [0, 0.05) is 12.2 Å². The summed E-state index contributed by atoms with van der Waals surface area (Å²) in [6, 6.07) is 9.75. The van der Waals surface area contributed by atoms with Gasteiger partial charge < -0.3 is 11.1 Å². The summed E-state index contributed by atoms with van der Waals surface area (Å²) in [5.41, 5.74) is 8.48. The number of nitriles is 1. The number of thioether (sulfide) groups is 1. The third kappa shape index (κ3) is 1.92. The molecule has 0 saturated heterocycles. The molecule has 0 aromatic heterocycles. The van der Waals surface area contributed by atoms with Crippen molar-refractivity contribution in [3.05, 3.63) is 46.5 Å². The molecule has 1 heterocycles. The van der Waals surface area contributed by atoms with E-state index in [1.165, 1.54) is 0 Å². The zero-order valence-corrected chi connectivity index (χ0v) is 9.84. The van der Waals surface area contributed by atoms with E-state index < -0.39 is 0 Å². The molecule has 1 aromatic rings. The van der Waals surface area contributed by atoms with E-state index in [1.54, 1.807) is 11.8 Å². The third-order valence-electron chi connectivity index (χ3n) is 2.62. The highest BCUT2D eigenvalue weighted by atomic mass is 32.2. The Morgan fingerprint density at radius 3 is 2.62 bits per heavy atom. The average Bonchev–Trinajstić information content (AvgIpc) is 2.73. The van der Waals surface area contributed by atoms with Crippen molar-refractivity contribution in [1.29, 1.82) is 5.26 Å². The fourth-order valence-corrected chi connectivity index (χ4v) is 2.65. The molecule has 0 amide bonds. The summed E-state index contributed by atoms with van der Waals surface area (Å²) in [5.74, 6) is 0. The van der Waals surface area contributed by atoms with Crippen LogP contribution in [0.1, 0.15) is 18.1 Å². The van der Waals surface area contributed by atoms with E-state index in [0.29, 0.717) is 12.1 Å². The van der Waals surface area contributed by atoms with Crippen LogP contribution >= 0.6 is 11.8 Å². The van der Waals surface area contributed by atoms with Crippen LogP contribution < -0.4 is 11.1 Å². The molecule has 0 saturated carbocycles. The highest BCUT2D eigenvalue weighted by Gasteiger charge is 2.31. The lowest BCUT2D eigenvalue weighted by Crippen LogP contribution is -2.33. The number of nitrogens with two attached hydrogens (primary N) is 1. The standard InChI is InChI=1S/C12H13N3S/c1-12(15-11(7-14)8-16-12)10-4-2-9(6-13)3-5-10/h2-5,8,15H,7,14H2,1H3. The van der Waals surface area contributed by atoms with Crippen LogP contribution in [0.5, 0.6) is 0 Å². The van der Waals surface area contributed by atoms with Gasteiger partial charge in [0.2, 0.25) is 0 Å². The van der Waals surface area contributed by atoms with E-state index in [9.17, 15) is 0 Å². The molecule has 1 atom stereocenters. The van der Waals surface area contributed by atoms with E-state index >= 15 is 0 Å². The van der Waals surface area contributed by atoms with Gasteiger partial charge in [-0.3, -0.25) is 0 Å². The van der Waals surface area contributed by atoms with Gasteiger partial charge in [0.15, 0.2) is 0 Å². The first-order chi connectivity index (χ1) is 7.68. The number of nitrogens with one attached hydrogen (secondary N) is 1. The van der Waals surface area contributed by atoms with Gasteiger partial charge in [0.1, 0.15) is 4.87 Å². The third-order valence-corrected chi connectivity index (χ3v) is 3.83. The van der Waals surface area contributed by atoms with Crippen LogP contribution in [0.3, 0.4) is 0 Å². The second-order valence-corrected chi connectivity index (χ2v) is 5.10. The maximum atomic E-state index is 8.74. The Balaban J connectivity index is 2.22. The smallest absolute Gasteiger partial charge is 0.110 e. The van der Waals surface area contributed by atoms with Crippen molar-refractivity contribution in [3.8, 4) is 6.07 Å². The minimum absolute atomic E-state index is 0.164. The highest BCUT2D eigenvalue weighted by molar-refractivity contribution is 8.03. The zero-order valence-electron chi connectivity index (χ0n) is 9.03. The highest BCUT2D eigenvalue weighted by Crippen LogP contribution is 2.39. The predicted octanol–water partition coefficient (Wildman–Crippen LogP) is 1.87. The van der Waals surface area contributed by atoms with Crippen molar-refractivity contribution in [3.63, 3.8) is 0 Å². The Bertz CT molecular complexity index is 458. The lowest BCUT2D eigenvalue weighted by molar-refractivity contribution is 0.599. The van der Waals surface area contributed by atoms with Gasteiger partial charge in [-0.2, -0.15) is 5.26 Å². The monoisotopic (exact) mass is 231 g/mol. The first kappa shape index (κ1) is 11.1. The van der Waals surface area contributed by atoms with Gasteiger partial charge in [-0.05, 0) is 30.0 Å². The van der Waals surface area contributed by atoms with Crippen LogP contribution in [-0.2, 0) is 4.87 Å². The van der Waals surface area contributed by atoms with E-state index in [-0.39, 0.29) is 4.87 Å². The molecular weight excluding hydrogens is 218 g/mol. The molecule has 16 heavy (non-hydrogen) atoms. The summed E-state index contributed by atoms with van der Waals surface area (Å²) in [6.45, 7) is 2.64. The fourth-order valence-electron chi connectivity index (χ4n) is 1.66. The number of rotatable bonds is 2. The molecule has 1 unspecified atom stereocenters. The minimum atomic E-state index is -0.164. The lowest BCUT2D eigenvalue weighted by atomic mass is 10.1. The Hall–Kier alpha value is -1.44. The van der Waals surface area contributed by atoms with Gasteiger partial charge in [-0.15, -0.1) is 0 Å². The molecule has 1 aromatic carbocycles. The van der Waals surface area contributed by atoms with Crippen LogP contribution in [0.2, 0.25) is 0 Å². The molecule has 0 radical (unpaired) electrons. The van der Waals surface area contributed by atoms with Gasteiger partial charge >= 0.3 is 0 Å². The van der Waals surface area contributed by atoms with Gasteiger partial charge in [-0.25, -0.2) is 0 Å². The van der Waals surface area contributed by atoms with E-state index in [1.807, 2.05) is 24.3 Å². The summed E-state index contributed by atoms with van der Waals surface area (Å²) in [5, 5.41) is 14.2. The molecule has 4 heteroatoms. The largest absolute Gasteiger partial charge is 0.369 e. The van der Waals surface area contributed by atoms with Crippen LogP contribution in [0.25, 0.3) is 0 Å². The van der Waals surface area contributed by atoms with E-state index in [4.69, 9.17) is 11.0 Å². The Labute approximate surface area is 99.3 Å². The first-order valence-corrected chi connectivity index (χ1v) is 5.91. The minimum Gasteiger partial charge on any atom is -0.369 e. The number of benzene rings is 1. The normalized spacial score (nSPS) is 23.4. The topological polar surface area (TPSA) is 61.8 Å². The maximum absolute atomic E-state index is 8.74. The summed E-state index contributed by atoms with van der Waals surface area (Å²) in [7, 11) is 0. The first-order valence-electron chi connectivity index (χ1n) is 5.04. The van der Waals surface area contributed by atoms with Gasteiger partial charge in [0.05, 0.1) is 11.6 Å². The molecule has 0 spiro atoms. The second-order valence-electron chi connectivity index (χ2n) is 3.81. The second kappa shape index (κ2) is 4.20. The molecule has 3 nitrogen and oxygen atoms in total. The van der Waals surface area contributed by atoms with Crippen molar-refractivity contribution >= 4 is 11.8 Å². The van der Waals surface area contributed by atoms with Crippen LogP contribution in [0, 0.1) is 11.3 Å². The number of hydrogen-bond donors (Lipinski definition) is 2. The molecule has 0 aliphatic carbocycles. The predicted molar refractivity (Wildman–Crippen MR) is 66.4 cm³/mol. The molecule has 0 fully saturated rings. The average molecular weight is 231 g/mol. The number of nitrogens with zero attached hydrogens (tertiary/aromatic N) is 1. The summed E-state index contributed by atoms with van der Waals surface area (Å²) < 4.78 is 0. The fraction of sp³-hybridized carbons (Fsp3) is 0.250. The van der Waals surface area contributed by atoms with Gasteiger partial charge in [0.25, 0.3) is 0 Å². The Morgan fingerprint density at radius 2 is 2.12 bits per heavy atom. The van der Waals surface area contributed by atoms with Crippen molar-refractivity contribution in [1.82, 2.24) is 5.32 Å². The SMILES string of the molecule is CC1(c2ccc(C#N)cc2)NC(CN)=CS1. The van der Waals surface area contributed by atoms with Crippen molar-refractivity contribution in [2.75, 3.05) is 6.54 Å². The summed E-state index contributed by atoms with van der Waals surface area (Å²) >= 11 is 1.71. The number of hydrogen-bond acceptors (Lipinski definition) is 4. The molecule has 3 N–H and O–H groups in total. The molecular formula is C12H13N3S. The van der Waals surface area contributed by atoms with Gasteiger partial charge in [-0.1, -0.05) is 23.9 Å². The quantitative estimate of drug-likeness (QED) is 0.815. The van der Waals surface area contributed by atoms with Crippen LogP contribution in [0.15, 0.2) is 35.4 Å². The molecule has 1 aliphatic heterocycles. The van der Waals surface area contributed by atoms with E-state index in [0.717, 1.165) is 11.3 Å². The Morgan fingerprint density at radius 1 is 1.44 bits per heavy atom. The lowest BCUT2D eigenvalue weighted by Gasteiger charge is -2.26. The summed E-state index contributed by atoms with van der Waals surface area (Å²) in [6.07, 6.45) is 0. The van der Waals surface area contributed by atoms with Crippen LogP contribution in [0.4, 0.5) is 0 Å². The van der Waals surface area contributed by atoms with E-state index in [2.05, 4.69) is 23.7 Å². The summed E-state index contributed by atoms with van der Waals surface area (Å²) in [4.78, 5) is -0.164. The molecule has 2 rings (SSSR count).